The smallest absolute Gasteiger partial charge is 0.0542 e. The third-order valence-corrected chi connectivity index (χ3v) is 27.1. The molecule has 0 atom stereocenters. The van der Waals surface area contributed by atoms with Crippen LogP contribution in [0.1, 0.15) is 0 Å². The second kappa shape index (κ2) is 32.5. The van der Waals surface area contributed by atoms with E-state index in [9.17, 15) is 0 Å². The average molecular weight is 1680 g/mol. The van der Waals surface area contributed by atoms with Gasteiger partial charge in [0.1, 0.15) is 0 Å². The summed E-state index contributed by atoms with van der Waals surface area (Å²) in [6.45, 7) is 0. The van der Waals surface area contributed by atoms with Crippen LogP contribution >= 0.6 is 0 Å². The predicted octanol–water partition coefficient (Wildman–Crippen LogP) is 35.7. The van der Waals surface area contributed by atoms with Crippen molar-refractivity contribution in [3.63, 3.8) is 0 Å². The van der Waals surface area contributed by atoms with Gasteiger partial charge in [-0.15, -0.1) is 0 Å². The van der Waals surface area contributed by atoms with Crippen molar-refractivity contribution in [2.75, 3.05) is 9.80 Å². The molecule has 0 aliphatic heterocycles. The quantitative estimate of drug-likeness (QED) is 0.101. The number of benzene rings is 24. The maximum Gasteiger partial charge on any atom is 0.0542 e. The summed E-state index contributed by atoms with van der Waals surface area (Å²) in [6, 6.07) is 187. The fourth-order valence-electron chi connectivity index (χ4n) is 21.4. The number of anilines is 6. The standard InChI is InChI=1S/2C64H42N2/c1-3-19-45(20-4-1)63-55-26-9-11-28-57(55)64(58-29-12-10-27-56(58)63)54-33-16-32-52-51(54)31-17-35-60(52)65(47-38-36-44(37-39-47)50-30-15-21-43-18-7-8-24-49(43)50)48-40-41-62-59(42-48)53-25-13-14-34-61(53)66(62)46-22-5-2-6-23-46;1-3-19-45(20-4-1)63-54-28-11-13-30-56(54)64(57-31-14-12-29-55(57)63)58-39-41-61(52-26-10-9-25-51(52)58)65(47-36-34-44(35-37-47)50-32-17-21-43-18-7-8-24-49(43)50)48-38-40-62-59(42-48)53-27-15-16-33-60(53)66(62)46-22-5-2-6-23-46/h2*1-42H. The average Bonchev–Trinajstić information content (AvgIpc) is 1.14. The van der Waals surface area contributed by atoms with Crippen LogP contribution in [-0.2, 0) is 0 Å². The molecule has 0 amide bonds. The molecule has 24 aromatic carbocycles. The highest BCUT2D eigenvalue weighted by atomic mass is 15.2. The molecule has 0 unspecified atom stereocenters. The first-order valence-electron chi connectivity index (χ1n) is 45.5. The van der Waals surface area contributed by atoms with Crippen molar-refractivity contribution in [3.05, 3.63) is 510 Å². The molecule has 26 rings (SSSR count). The lowest BCUT2D eigenvalue weighted by Crippen LogP contribution is -2.10. The van der Waals surface area contributed by atoms with E-state index >= 15 is 0 Å². The summed E-state index contributed by atoms with van der Waals surface area (Å²) in [5.41, 5.74) is 28.4. The Kier molecular flexibility index (Phi) is 18.9. The van der Waals surface area contributed by atoms with Gasteiger partial charge in [-0.25, -0.2) is 0 Å². The SMILES string of the molecule is c1ccc(-c2c3ccccc3c(-c3ccc(N(c4ccc(-c5cccc6ccccc56)cc4)c4ccc5c(c4)c4ccccc4n5-c4ccccc4)c4ccccc34)c3ccccc23)cc1.c1ccc(-c2c3ccccc3c(-c3cccc4c(N(c5ccc(-c6cccc7ccccc67)cc5)c5ccc6c(c5)c5ccccc5n6-c5ccccc5)cccc34)c3ccccc23)cc1. The van der Waals surface area contributed by atoms with Crippen molar-refractivity contribution in [1.29, 1.82) is 0 Å². The molecular weight excluding hydrogens is 1590 g/mol. The van der Waals surface area contributed by atoms with Crippen LogP contribution in [0.2, 0.25) is 0 Å². The first-order valence-corrected chi connectivity index (χ1v) is 45.5. The molecule has 0 spiro atoms. The van der Waals surface area contributed by atoms with E-state index in [2.05, 4.69) is 529 Å². The Morgan fingerprint density at radius 3 is 0.826 bits per heavy atom. The minimum atomic E-state index is 1.09. The van der Waals surface area contributed by atoms with Crippen LogP contribution < -0.4 is 9.80 Å². The summed E-state index contributed by atoms with van der Waals surface area (Å²) in [7, 11) is 0. The van der Waals surface area contributed by atoms with E-state index in [1.54, 1.807) is 0 Å². The molecule has 0 saturated heterocycles. The molecule has 4 heteroatoms. The molecule has 616 valence electrons. The second-order valence-corrected chi connectivity index (χ2v) is 34.4. The van der Waals surface area contributed by atoms with Gasteiger partial charge in [-0.2, -0.15) is 0 Å². The Hall–Kier alpha value is -17.4. The zero-order chi connectivity index (χ0) is 87.1. The molecule has 0 aliphatic carbocycles. The van der Waals surface area contributed by atoms with Crippen molar-refractivity contribution >= 4 is 164 Å². The maximum absolute atomic E-state index is 2.46. The van der Waals surface area contributed by atoms with E-state index in [1.165, 1.54) is 197 Å². The van der Waals surface area contributed by atoms with Crippen molar-refractivity contribution < 1.29 is 0 Å². The van der Waals surface area contributed by atoms with Gasteiger partial charge in [0.15, 0.2) is 0 Å². The Labute approximate surface area is 765 Å². The van der Waals surface area contributed by atoms with Crippen molar-refractivity contribution in [1.82, 2.24) is 9.13 Å². The van der Waals surface area contributed by atoms with E-state index < -0.39 is 0 Å². The second-order valence-electron chi connectivity index (χ2n) is 34.4. The summed E-state index contributed by atoms with van der Waals surface area (Å²) >= 11 is 0. The molecule has 0 aliphatic rings. The van der Waals surface area contributed by atoms with Crippen LogP contribution in [0.4, 0.5) is 34.1 Å². The number of fused-ring (bicyclic) bond motifs is 14. The maximum atomic E-state index is 2.46. The minimum absolute atomic E-state index is 1.09. The lowest BCUT2D eigenvalue weighted by Gasteiger charge is -2.28. The third-order valence-electron chi connectivity index (χ3n) is 27.1. The first kappa shape index (κ1) is 76.9. The molecule has 0 fully saturated rings. The molecule has 0 radical (unpaired) electrons. The Balaban J connectivity index is 0.000000142. The molecule has 132 heavy (non-hydrogen) atoms. The topological polar surface area (TPSA) is 16.3 Å². The van der Waals surface area contributed by atoms with Crippen LogP contribution in [0.5, 0.6) is 0 Å². The van der Waals surface area contributed by atoms with E-state index in [4.69, 9.17) is 0 Å². The Morgan fingerprint density at radius 1 is 0.136 bits per heavy atom. The summed E-state index contributed by atoms with van der Waals surface area (Å²) in [5.74, 6) is 0. The lowest BCUT2D eigenvalue weighted by atomic mass is 9.84. The monoisotopic (exact) mass is 1680 g/mol. The van der Waals surface area contributed by atoms with Crippen molar-refractivity contribution in [2.24, 2.45) is 0 Å². The van der Waals surface area contributed by atoms with Crippen LogP contribution in [0.3, 0.4) is 0 Å². The summed E-state index contributed by atoms with van der Waals surface area (Å²) < 4.78 is 4.78. The molecule has 0 bridgehead atoms. The van der Waals surface area contributed by atoms with Crippen LogP contribution in [-0.4, -0.2) is 9.13 Å². The number of hydrogen-bond acceptors (Lipinski definition) is 2. The Morgan fingerprint density at radius 2 is 0.409 bits per heavy atom. The predicted molar refractivity (Wildman–Crippen MR) is 564 cm³/mol. The third kappa shape index (κ3) is 13.0. The van der Waals surface area contributed by atoms with Crippen LogP contribution in [0, 0.1) is 0 Å². The van der Waals surface area contributed by atoms with Gasteiger partial charge in [0.05, 0.1) is 33.4 Å². The van der Waals surface area contributed by atoms with Crippen LogP contribution in [0.15, 0.2) is 510 Å². The molecule has 4 nitrogen and oxygen atoms in total. The number of hydrogen-bond donors (Lipinski definition) is 0. The molecular formula is C128H84N4. The molecule has 2 heterocycles. The summed E-state index contributed by atoms with van der Waals surface area (Å²) in [4.78, 5) is 4.92. The highest BCUT2D eigenvalue weighted by Gasteiger charge is 2.27. The summed E-state index contributed by atoms with van der Waals surface area (Å²) in [5, 5.41) is 24.6. The van der Waals surface area contributed by atoms with E-state index in [0.717, 1.165) is 45.5 Å². The molecule has 2 aromatic heterocycles. The van der Waals surface area contributed by atoms with Gasteiger partial charge in [-0.3, -0.25) is 0 Å². The number of nitrogens with zero attached hydrogens (tertiary/aromatic N) is 4. The first-order chi connectivity index (χ1) is 65.6. The molecule has 26 aromatic rings. The lowest BCUT2D eigenvalue weighted by molar-refractivity contribution is 1.18. The zero-order valence-corrected chi connectivity index (χ0v) is 72.3. The van der Waals surface area contributed by atoms with Crippen molar-refractivity contribution in [3.8, 4) is 78.1 Å². The van der Waals surface area contributed by atoms with Gasteiger partial charge in [0, 0.05) is 66.4 Å². The molecule has 0 N–H and O–H groups in total. The highest BCUT2D eigenvalue weighted by Crippen LogP contribution is 2.53. The van der Waals surface area contributed by atoms with Gasteiger partial charge >= 0.3 is 0 Å². The highest BCUT2D eigenvalue weighted by molar-refractivity contribution is 6.27. The van der Waals surface area contributed by atoms with Gasteiger partial charge < -0.3 is 18.9 Å². The number of aromatic nitrogens is 2. The van der Waals surface area contributed by atoms with Gasteiger partial charge in [-0.05, 0) is 251 Å². The van der Waals surface area contributed by atoms with E-state index in [-0.39, 0.29) is 0 Å². The number of para-hydroxylation sites is 4. The normalized spacial score (nSPS) is 11.6. The zero-order valence-electron chi connectivity index (χ0n) is 72.3. The largest absolute Gasteiger partial charge is 0.310 e. The van der Waals surface area contributed by atoms with Crippen LogP contribution in [0.25, 0.3) is 208 Å². The van der Waals surface area contributed by atoms with Gasteiger partial charge in [-0.1, -0.05) is 400 Å². The van der Waals surface area contributed by atoms with E-state index in [1.807, 2.05) is 0 Å². The number of rotatable bonds is 14. The van der Waals surface area contributed by atoms with Crippen molar-refractivity contribution in [2.45, 2.75) is 0 Å². The van der Waals surface area contributed by atoms with E-state index in [0.29, 0.717) is 0 Å². The fraction of sp³-hybridized carbons (Fsp3) is 0. The molecule has 0 saturated carbocycles. The van der Waals surface area contributed by atoms with Gasteiger partial charge in [0.2, 0.25) is 0 Å². The van der Waals surface area contributed by atoms with Gasteiger partial charge in [0.25, 0.3) is 0 Å². The Bertz CT molecular complexity index is 8400. The summed E-state index contributed by atoms with van der Waals surface area (Å²) in [6.07, 6.45) is 0. The minimum Gasteiger partial charge on any atom is -0.310 e. The fourth-order valence-corrected chi connectivity index (χ4v) is 21.4.